The van der Waals surface area contributed by atoms with E-state index in [-0.39, 0.29) is 0 Å². The minimum atomic E-state index is -0.888. The molecule has 0 radical (unpaired) electrons. The Morgan fingerprint density at radius 1 is 1.35 bits per heavy atom. The molecular formula is C14H14O3. The molecule has 3 heteroatoms. The molecule has 1 N–H and O–H groups in total. The lowest BCUT2D eigenvalue weighted by Gasteiger charge is -2.34. The average molecular weight is 230 g/mol. The molecule has 0 aromatic heterocycles. The quantitative estimate of drug-likeness (QED) is 0.788. The van der Waals surface area contributed by atoms with Crippen LogP contribution in [0.5, 0.6) is 0 Å². The number of carboxylic acid groups (broad SMARTS) is 1. The van der Waals surface area contributed by atoms with Crippen LogP contribution in [0, 0.1) is 12.3 Å². The second-order valence-corrected chi connectivity index (χ2v) is 4.19. The minimum absolute atomic E-state index is 0.463. The summed E-state index contributed by atoms with van der Waals surface area (Å²) in [5.74, 6) is 1.75. The maximum absolute atomic E-state index is 11.6. The number of benzene rings is 1. The monoisotopic (exact) mass is 230 g/mol. The molecular weight excluding hydrogens is 216 g/mol. The van der Waals surface area contributed by atoms with Crippen LogP contribution in [0.3, 0.4) is 0 Å². The summed E-state index contributed by atoms with van der Waals surface area (Å²) in [7, 11) is 0. The molecule has 0 bridgehead atoms. The molecule has 1 aromatic carbocycles. The van der Waals surface area contributed by atoms with Crippen LogP contribution in [0.2, 0.25) is 0 Å². The number of aliphatic carboxylic acids is 1. The highest BCUT2D eigenvalue weighted by molar-refractivity contribution is 5.82. The fourth-order valence-electron chi connectivity index (χ4n) is 2.34. The van der Waals surface area contributed by atoms with Gasteiger partial charge in [-0.3, -0.25) is 4.79 Å². The summed E-state index contributed by atoms with van der Waals surface area (Å²) in [6, 6.07) is 7.26. The van der Waals surface area contributed by atoms with Gasteiger partial charge in [0, 0.05) is 18.8 Å². The van der Waals surface area contributed by atoms with Crippen molar-refractivity contribution in [2.24, 2.45) is 0 Å². The smallest absolute Gasteiger partial charge is 0.314 e. The molecule has 1 aliphatic rings. The van der Waals surface area contributed by atoms with Gasteiger partial charge in [-0.2, -0.15) is 0 Å². The third-order valence-corrected chi connectivity index (χ3v) is 3.35. The largest absolute Gasteiger partial charge is 0.481 e. The Morgan fingerprint density at radius 3 is 2.59 bits per heavy atom. The zero-order chi connectivity index (χ0) is 12.3. The van der Waals surface area contributed by atoms with E-state index >= 15 is 0 Å². The van der Waals surface area contributed by atoms with Crippen LogP contribution in [-0.2, 0) is 14.9 Å². The maximum atomic E-state index is 11.6. The van der Waals surface area contributed by atoms with Gasteiger partial charge in [0.05, 0.1) is 5.41 Å². The Kier molecular flexibility index (Phi) is 3.16. The molecule has 1 heterocycles. The van der Waals surface area contributed by atoms with Crippen molar-refractivity contribution in [3.63, 3.8) is 0 Å². The number of hydrogen-bond donors (Lipinski definition) is 1. The first kappa shape index (κ1) is 11.7. The summed E-state index contributed by atoms with van der Waals surface area (Å²) in [4.78, 5) is 11.6. The Bertz CT molecular complexity index is 465. The van der Waals surface area contributed by atoms with Crippen LogP contribution in [0.25, 0.3) is 0 Å². The summed E-state index contributed by atoms with van der Waals surface area (Å²) >= 11 is 0. The molecule has 0 saturated carbocycles. The molecule has 17 heavy (non-hydrogen) atoms. The summed E-state index contributed by atoms with van der Waals surface area (Å²) in [6.07, 6.45) is 6.39. The van der Waals surface area contributed by atoms with Gasteiger partial charge in [0.2, 0.25) is 0 Å². The van der Waals surface area contributed by atoms with E-state index in [0.29, 0.717) is 31.6 Å². The third kappa shape index (κ3) is 1.92. The molecule has 1 aromatic rings. The van der Waals surface area contributed by atoms with Gasteiger partial charge in [0.25, 0.3) is 0 Å². The molecule has 0 atom stereocenters. The van der Waals surface area contributed by atoms with Crippen molar-refractivity contribution in [3.8, 4) is 12.3 Å². The second-order valence-electron chi connectivity index (χ2n) is 4.19. The van der Waals surface area contributed by atoms with Crippen molar-refractivity contribution < 1.29 is 14.6 Å². The fourth-order valence-corrected chi connectivity index (χ4v) is 2.34. The van der Waals surface area contributed by atoms with Crippen molar-refractivity contribution >= 4 is 5.97 Å². The van der Waals surface area contributed by atoms with E-state index in [1.165, 1.54) is 0 Å². The first-order chi connectivity index (χ1) is 8.20. The molecule has 2 rings (SSSR count). The normalized spacial score (nSPS) is 18.3. The highest BCUT2D eigenvalue weighted by Gasteiger charge is 2.42. The number of terminal acetylenes is 1. The van der Waals surface area contributed by atoms with Crippen molar-refractivity contribution in [2.45, 2.75) is 18.3 Å². The number of hydrogen-bond acceptors (Lipinski definition) is 2. The van der Waals surface area contributed by atoms with Crippen LogP contribution >= 0.6 is 0 Å². The highest BCUT2D eigenvalue weighted by Crippen LogP contribution is 2.36. The number of rotatable bonds is 2. The predicted octanol–water partition coefficient (Wildman–Crippen LogP) is 1.80. The Morgan fingerprint density at radius 2 is 2.00 bits per heavy atom. The summed E-state index contributed by atoms with van der Waals surface area (Å²) < 4.78 is 5.25. The van der Waals surface area contributed by atoms with Crippen molar-refractivity contribution in [1.29, 1.82) is 0 Å². The van der Waals surface area contributed by atoms with Gasteiger partial charge in [-0.15, -0.1) is 6.42 Å². The number of carbonyl (C=O) groups is 1. The zero-order valence-corrected chi connectivity index (χ0v) is 9.48. The standard InChI is InChI=1S/C14H14O3/c1-2-11-5-3-4-6-12(11)14(13(15)16)7-9-17-10-8-14/h1,3-6H,7-10H2,(H,15,16). The molecule has 1 aliphatic heterocycles. The van der Waals surface area contributed by atoms with Gasteiger partial charge in [0.15, 0.2) is 0 Å². The lowest BCUT2D eigenvalue weighted by Crippen LogP contribution is -2.41. The molecule has 88 valence electrons. The van der Waals surface area contributed by atoms with E-state index in [1.807, 2.05) is 18.2 Å². The van der Waals surface area contributed by atoms with Crippen LogP contribution < -0.4 is 0 Å². The Balaban J connectivity index is 2.53. The van der Waals surface area contributed by atoms with Gasteiger partial charge in [-0.1, -0.05) is 24.1 Å². The van der Waals surface area contributed by atoms with Gasteiger partial charge in [-0.05, 0) is 24.5 Å². The number of ether oxygens (including phenoxy) is 1. The molecule has 0 spiro atoms. The van der Waals surface area contributed by atoms with E-state index in [2.05, 4.69) is 5.92 Å². The van der Waals surface area contributed by atoms with Crippen molar-refractivity contribution in [3.05, 3.63) is 35.4 Å². The molecule has 3 nitrogen and oxygen atoms in total. The topological polar surface area (TPSA) is 46.5 Å². The lowest BCUT2D eigenvalue weighted by molar-refractivity contribution is -0.147. The van der Waals surface area contributed by atoms with Crippen molar-refractivity contribution in [2.75, 3.05) is 13.2 Å². The SMILES string of the molecule is C#Cc1ccccc1C1(C(=O)O)CCOCC1. The zero-order valence-electron chi connectivity index (χ0n) is 9.48. The average Bonchev–Trinajstić information content (AvgIpc) is 2.39. The highest BCUT2D eigenvalue weighted by atomic mass is 16.5. The van der Waals surface area contributed by atoms with Gasteiger partial charge >= 0.3 is 5.97 Å². The molecule has 0 amide bonds. The Labute approximate surface area is 100 Å². The second kappa shape index (κ2) is 4.60. The first-order valence-corrected chi connectivity index (χ1v) is 5.58. The predicted molar refractivity (Wildman–Crippen MR) is 63.7 cm³/mol. The minimum Gasteiger partial charge on any atom is -0.481 e. The van der Waals surface area contributed by atoms with E-state index in [1.54, 1.807) is 6.07 Å². The van der Waals surface area contributed by atoms with E-state index in [9.17, 15) is 9.90 Å². The number of carboxylic acids is 1. The Hall–Kier alpha value is -1.79. The van der Waals surface area contributed by atoms with Crippen molar-refractivity contribution in [1.82, 2.24) is 0 Å². The van der Waals surface area contributed by atoms with E-state index in [0.717, 1.165) is 5.56 Å². The van der Waals surface area contributed by atoms with Gasteiger partial charge < -0.3 is 9.84 Å². The van der Waals surface area contributed by atoms with Crippen LogP contribution in [0.15, 0.2) is 24.3 Å². The first-order valence-electron chi connectivity index (χ1n) is 5.58. The molecule has 0 aliphatic carbocycles. The third-order valence-electron chi connectivity index (χ3n) is 3.35. The fraction of sp³-hybridized carbons (Fsp3) is 0.357. The van der Waals surface area contributed by atoms with Crippen LogP contribution in [-0.4, -0.2) is 24.3 Å². The van der Waals surface area contributed by atoms with E-state index in [4.69, 9.17) is 11.2 Å². The van der Waals surface area contributed by atoms with Crippen LogP contribution in [0.1, 0.15) is 24.0 Å². The summed E-state index contributed by atoms with van der Waals surface area (Å²) in [5, 5.41) is 9.54. The van der Waals surface area contributed by atoms with Crippen LogP contribution in [0.4, 0.5) is 0 Å². The summed E-state index contributed by atoms with van der Waals surface area (Å²) in [6.45, 7) is 0.927. The molecule has 1 fully saturated rings. The van der Waals surface area contributed by atoms with Gasteiger partial charge in [-0.25, -0.2) is 0 Å². The lowest BCUT2D eigenvalue weighted by atomic mass is 9.72. The van der Waals surface area contributed by atoms with E-state index < -0.39 is 11.4 Å². The summed E-state index contributed by atoms with van der Waals surface area (Å²) in [5.41, 5.74) is 0.511. The molecule has 1 saturated heterocycles. The molecule has 0 unspecified atom stereocenters. The maximum Gasteiger partial charge on any atom is 0.314 e. The van der Waals surface area contributed by atoms with Gasteiger partial charge in [0.1, 0.15) is 0 Å².